The summed E-state index contributed by atoms with van der Waals surface area (Å²) in [4.78, 5) is 25.5. The van der Waals surface area contributed by atoms with Crippen molar-refractivity contribution in [2.75, 3.05) is 0 Å². The molecule has 0 bridgehead atoms. The van der Waals surface area contributed by atoms with E-state index in [1.165, 1.54) is 5.56 Å². The van der Waals surface area contributed by atoms with Crippen molar-refractivity contribution in [2.45, 2.75) is 96.7 Å². The van der Waals surface area contributed by atoms with Crippen molar-refractivity contribution in [3.05, 3.63) is 34.4 Å². The average molecular weight is 373 g/mol. The zero-order valence-electron chi connectivity index (χ0n) is 17.1. The molecule has 4 nitrogen and oxygen atoms in total. The Labute approximate surface area is 162 Å². The van der Waals surface area contributed by atoms with E-state index in [2.05, 4.69) is 26.0 Å². The molecule has 2 unspecified atom stereocenters. The highest BCUT2D eigenvalue weighted by molar-refractivity contribution is 5.84. The summed E-state index contributed by atoms with van der Waals surface area (Å²) in [7, 11) is 0. The number of hydrogen-bond donors (Lipinski definition) is 0. The second-order valence-electron chi connectivity index (χ2n) is 8.35. The van der Waals surface area contributed by atoms with Crippen LogP contribution in [0.15, 0.2) is 12.1 Å². The third kappa shape index (κ3) is 3.90. The van der Waals surface area contributed by atoms with Crippen LogP contribution < -0.4 is 0 Å². The van der Waals surface area contributed by atoms with E-state index in [-0.39, 0.29) is 11.9 Å². The Kier molecular flexibility index (Phi) is 5.92. The van der Waals surface area contributed by atoms with Gasteiger partial charge in [-0.1, -0.05) is 37.5 Å². The smallest absolute Gasteiger partial charge is 0.318 e. The molecule has 1 spiro atoms. The van der Waals surface area contributed by atoms with Gasteiger partial charge in [0.15, 0.2) is 6.10 Å². The van der Waals surface area contributed by atoms with E-state index in [0.29, 0.717) is 6.42 Å². The van der Waals surface area contributed by atoms with Gasteiger partial charge in [0.05, 0.1) is 0 Å². The number of carbonyl (C=O) groups is 2. The summed E-state index contributed by atoms with van der Waals surface area (Å²) in [6.45, 7) is 8.23. The maximum Gasteiger partial charge on any atom is 0.318 e. The molecule has 1 heterocycles. The molecule has 1 aromatic rings. The predicted molar refractivity (Wildman–Crippen MR) is 105 cm³/mol. The van der Waals surface area contributed by atoms with Gasteiger partial charge >= 0.3 is 11.9 Å². The molecule has 3 rings (SSSR count). The Morgan fingerprint density at radius 3 is 2.37 bits per heavy atom. The van der Waals surface area contributed by atoms with Crippen LogP contribution in [0.2, 0.25) is 0 Å². The molecule has 148 valence electrons. The van der Waals surface area contributed by atoms with Crippen LogP contribution in [0.1, 0.15) is 86.5 Å². The van der Waals surface area contributed by atoms with Gasteiger partial charge in [-0.15, -0.1) is 0 Å². The number of esters is 2. The summed E-state index contributed by atoms with van der Waals surface area (Å²) < 4.78 is 11.9. The third-order valence-corrected chi connectivity index (χ3v) is 6.12. The Morgan fingerprint density at radius 2 is 1.78 bits per heavy atom. The minimum absolute atomic E-state index is 0.203. The number of rotatable bonds is 6. The van der Waals surface area contributed by atoms with Crippen molar-refractivity contribution in [3.63, 3.8) is 0 Å². The van der Waals surface area contributed by atoms with Crippen LogP contribution in [-0.2, 0) is 19.1 Å². The van der Waals surface area contributed by atoms with Gasteiger partial charge in [0.2, 0.25) is 0 Å². The van der Waals surface area contributed by atoms with Gasteiger partial charge in [-0.25, -0.2) is 0 Å². The van der Waals surface area contributed by atoms with Gasteiger partial charge < -0.3 is 9.47 Å². The van der Waals surface area contributed by atoms with E-state index >= 15 is 0 Å². The Balaban J connectivity index is 1.93. The zero-order chi connectivity index (χ0) is 19.6. The highest BCUT2D eigenvalue weighted by Crippen LogP contribution is 2.50. The SMILES string of the molecule is CCCCCC(=O)OC1C(c2c(C)cc(C)cc2C)C(=O)OC12CCCC2. The number of carbonyl (C=O) groups excluding carboxylic acids is 2. The van der Waals surface area contributed by atoms with Crippen LogP contribution in [-0.4, -0.2) is 23.6 Å². The van der Waals surface area contributed by atoms with Crippen molar-refractivity contribution in [2.24, 2.45) is 0 Å². The second-order valence-corrected chi connectivity index (χ2v) is 8.35. The molecule has 0 amide bonds. The van der Waals surface area contributed by atoms with E-state index in [4.69, 9.17) is 9.47 Å². The number of unbranched alkanes of at least 4 members (excludes halogenated alkanes) is 2. The fourth-order valence-corrected chi connectivity index (χ4v) is 4.96. The molecule has 1 saturated heterocycles. The Morgan fingerprint density at radius 1 is 1.15 bits per heavy atom. The molecule has 4 heteroatoms. The lowest BCUT2D eigenvalue weighted by atomic mass is 9.81. The maximum atomic E-state index is 13.0. The van der Waals surface area contributed by atoms with E-state index < -0.39 is 17.6 Å². The fraction of sp³-hybridized carbons (Fsp3) is 0.652. The normalized spacial score (nSPS) is 23.6. The predicted octanol–water partition coefficient (Wildman–Crippen LogP) is 5.06. The molecule has 1 aliphatic carbocycles. The van der Waals surface area contributed by atoms with Gasteiger partial charge in [0, 0.05) is 6.42 Å². The first kappa shape index (κ1) is 19.9. The minimum atomic E-state index is -0.633. The Bertz CT molecular complexity index is 692. The van der Waals surface area contributed by atoms with Crippen LogP contribution in [0.25, 0.3) is 0 Å². The number of benzene rings is 1. The lowest BCUT2D eigenvalue weighted by Crippen LogP contribution is -2.42. The molecular weight excluding hydrogens is 340 g/mol. The van der Waals surface area contributed by atoms with Gasteiger partial charge in [-0.3, -0.25) is 9.59 Å². The first-order valence-corrected chi connectivity index (χ1v) is 10.4. The molecule has 1 saturated carbocycles. The third-order valence-electron chi connectivity index (χ3n) is 6.12. The fourth-order valence-electron chi connectivity index (χ4n) is 4.96. The highest BCUT2D eigenvalue weighted by Gasteiger charge is 2.59. The second kappa shape index (κ2) is 8.04. The maximum absolute atomic E-state index is 13.0. The molecule has 0 aromatic heterocycles. The standard InChI is InChI=1S/C23H32O4/c1-5-6-7-10-18(24)26-21-20(19-16(3)13-15(2)14-17(19)4)22(25)27-23(21)11-8-9-12-23/h13-14,20-21H,5-12H2,1-4H3. The molecule has 1 aromatic carbocycles. The van der Waals surface area contributed by atoms with Crippen molar-refractivity contribution in [1.82, 2.24) is 0 Å². The van der Waals surface area contributed by atoms with Crippen molar-refractivity contribution < 1.29 is 19.1 Å². The Hall–Kier alpha value is -1.84. The largest absolute Gasteiger partial charge is 0.457 e. The van der Waals surface area contributed by atoms with Crippen LogP contribution in [0, 0.1) is 20.8 Å². The van der Waals surface area contributed by atoms with Crippen molar-refractivity contribution in [3.8, 4) is 0 Å². The summed E-state index contributed by atoms with van der Waals surface area (Å²) in [5.41, 5.74) is 3.64. The number of aryl methyl sites for hydroxylation is 3. The van der Waals surface area contributed by atoms with Crippen LogP contribution in [0.4, 0.5) is 0 Å². The molecule has 2 aliphatic rings. The first-order chi connectivity index (χ1) is 12.9. The van der Waals surface area contributed by atoms with Crippen molar-refractivity contribution >= 4 is 11.9 Å². The summed E-state index contributed by atoms with van der Waals surface area (Å²) in [5.74, 6) is -0.956. The minimum Gasteiger partial charge on any atom is -0.457 e. The quantitative estimate of drug-likeness (QED) is 0.517. The molecular formula is C23H32O4. The van der Waals surface area contributed by atoms with Gasteiger partial charge in [0.1, 0.15) is 11.5 Å². The van der Waals surface area contributed by atoms with Crippen LogP contribution in [0.5, 0.6) is 0 Å². The monoisotopic (exact) mass is 372 g/mol. The zero-order valence-corrected chi connectivity index (χ0v) is 17.1. The van der Waals surface area contributed by atoms with Gasteiger partial charge in [-0.2, -0.15) is 0 Å². The van der Waals surface area contributed by atoms with E-state index in [9.17, 15) is 9.59 Å². The molecule has 0 radical (unpaired) electrons. The number of hydrogen-bond acceptors (Lipinski definition) is 4. The van der Waals surface area contributed by atoms with Gasteiger partial charge in [0.25, 0.3) is 0 Å². The highest BCUT2D eigenvalue weighted by atomic mass is 16.6. The summed E-state index contributed by atoms with van der Waals surface area (Å²) in [5, 5.41) is 0. The van der Waals surface area contributed by atoms with Crippen molar-refractivity contribution in [1.29, 1.82) is 0 Å². The number of ether oxygens (including phenoxy) is 2. The summed E-state index contributed by atoms with van der Waals surface area (Å²) in [6.07, 6.45) is 6.39. The van der Waals surface area contributed by atoms with E-state index in [1.807, 2.05) is 13.8 Å². The summed E-state index contributed by atoms with van der Waals surface area (Å²) >= 11 is 0. The van der Waals surface area contributed by atoms with Gasteiger partial charge in [-0.05, 0) is 69.6 Å². The molecule has 0 N–H and O–H groups in total. The van der Waals surface area contributed by atoms with Crippen LogP contribution in [0.3, 0.4) is 0 Å². The molecule has 2 atom stereocenters. The topological polar surface area (TPSA) is 52.6 Å². The average Bonchev–Trinajstić information content (AvgIpc) is 3.14. The lowest BCUT2D eigenvalue weighted by Gasteiger charge is -2.31. The summed E-state index contributed by atoms with van der Waals surface area (Å²) in [6, 6.07) is 4.19. The molecule has 27 heavy (non-hydrogen) atoms. The van der Waals surface area contributed by atoms with Crippen LogP contribution >= 0.6 is 0 Å². The molecule has 2 fully saturated rings. The van der Waals surface area contributed by atoms with E-state index in [0.717, 1.165) is 61.6 Å². The first-order valence-electron chi connectivity index (χ1n) is 10.4. The van der Waals surface area contributed by atoms with E-state index in [1.54, 1.807) is 0 Å². The molecule has 1 aliphatic heterocycles. The lowest BCUT2D eigenvalue weighted by molar-refractivity contribution is -0.163.